The normalized spacial score (nSPS) is 19.3. The van der Waals surface area contributed by atoms with E-state index in [9.17, 15) is 4.39 Å². The molecule has 2 atom stereocenters. The lowest BCUT2D eigenvalue weighted by atomic mass is 9.93. The van der Waals surface area contributed by atoms with Gasteiger partial charge in [-0.25, -0.2) is 13.9 Å². The summed E-state index contributed by atoms with van der Waals surface area (Å²) >= 11 is 0. The molecule has 3 aromatic rings. The molecular weight excluding hydrogens is 345 g/mol. The molecule has 0 N–H and O–H groups in total. The first-order valence-corrected chi connectivity index (χ1v) is 9.38. The Morgan fingerprint density at radius 1 is 1.30 bits per heavy atom. The third-order valence-electron chi connectivity index (χ3n) is 4.96. The maximum absolute atomic E-state index is 12.9. The molecule has 3 heterocycles. The van der Waals surface area contributed by atoms with Crippen molar-refractivity contribution in [2.45, 2.75) is 45.5 Å². The molecular formula is C20H24FN5O. The summed E-state index contributed by atoms with van der Waals surface area (Å²) in [7, 11) is 0. The summed E-state index contributed by atoms with van der Waals surface area (Å²) in [6, 6.07) is 9.80. The van der Waals surface area contributed by atoms with Crippen LogP contribution in [-0.4, -0.2) is 43.9 Å². The van der Waals surface area contributed by atoms with E-state index < -0.39 is 6.36 Å². The molecule has 2 unspecified atom stereocenters. The number of ether oxygens (including phenoxy) is 1. The van der Waals surface area contributed by atoms with E-state index >= 15 is 0 Å². The van der Waals surface area contributed by atoms with Gasteiger partial charge in [0.2, 0.25) is 6.36 Å². The van der Waals surface area contributed by atoms with Gasteiger partial charge in [-0.05, 0) is 50.1 Å². The zero-order valence-corrected chi connectivity index (χ0v) is 15.7. The molecule has 1 aromatic carbocycles. The molecule has 1 aliphatic heterocycles. The predicted octanol–water partition coefficient (Wildman–Crippen LogP) is 3.51. The lowest BCUT2D eigenvalue weighted by molar-refractivity contribution is 0.0860. The first-order chi connectivity index (χ1) is 13.1. The van der Waals surface area contributed by atoms with E-state index in [1.54, 1.807) is 6.33 Å². The van der Waals surface area contributed by atoms with Crippen LogP contribution in [0.5, 0.6) is 5.75 Å². The fourth-order valence-electron chi connectivity index (χ4n) is 3.81. The molecule has 0 saturated carbocycles. The molecule has 142 valence electrons. The van der Waals surface area contributed by atoms with Crippen LogP contribution in [0.15, 0.2) is 36.7 Å². The molecule has 0 amide bonds. The van der Waals surface area contributed by atoms with Crippen LogP contribution in [0.3, 0.4) is 0 Å². The van der Waals surface area contributed by atoms with Crippen LogP contribution in [0.2, 0.25) is 0 Å². The Hall–Kier alpha value is -2.54. The number of hydrogen-bond donors (Lipinski definition) is 0. The quantitative estimate of drug-likeness (QED) is 0.689. The minimum Gasteiger partial charge on any atom is -0.461 e. The van der Waals surface area contributed by atoms with Gasteiger partial charge < -0.3 is 4.74 Å². The van der Waals surface area contributed by atoms with Crippen molar-refractivity contribution in [1.29, 1.82) is 0 Å². The van der Waals surface area contributed by atoms with Gasteiger partial charge >= 0.3 is 0 Å². The molecule has 0 spiro atoms. The average molecular weight is 369 g/mol. The number of rotatable bonds is 5. The van der Waals surface area contributed by atoms with Crippen LogP contribution < -0.4 is 4.74 Å². The predicted molar refractivity (Wildman–Crippen MR) is 100 cm³/mol. The highest BCUT2D eigenvalue weighted by molar-refractivity contribution is 5.32. The van der Waals surface area contributed by atoms with Crippen molar-refractivity contribution in [2.75, 3.05) is 13.1 Å². The number of benzene rings is 1. The second-order valence-corrected chi connectivity index (χ2v) is 7.17. The molecule has 0 bridgehead atoms. The molecule has 1 fully saturated rings. The first kappa shape index (κ1) is 17.9. The Morgan fingerprint density at radius 3 is 2.89 bits per heavy atom. The fourth-order valence-corrected chi connectivity index (χ4v) is 3.81. The summed E-state index contributed by atoms with van der Waals surface area (Å²) in [5.74, 6) is 1.63. The van der Waals surface area contributed by atoms with Crippen LogP contribution in [0.25, 0.3) is 5.78 Å². The number of nitrogens with zero attached hydrogens (tertiary/aromatic N) is 5. The van der Waals surface area contributed by atoms with E-state index in [1.807, 2.05) is 35.7 Å². The summed E-state index contributed by atoms with van der Waals surface area (Å²) in [4.78, 5) is 11.1. The highest BCUT2D eigenvalue weighted by Crippen LogP contribution is 2.28. The smallest absolute Gasteiger partial charge is 0.252 e. The maximum Gasteiger partial charge on any atom is 0.252 e. The lowest BCUT2D eigenvalue weighted by Crippen LogP contribution is -2.34. The third-order valence-corrected chi connectivity index (χ3v) is 4.96. The molecule has 2 aromatic heterocycles. The summed E-state index contributed by atoms with van der Waals surface area (Å²) < 4.78 is 19.9. The topological polar surface area (TPSA) is 55.6 Å². The molecule has 1 aliphatic rings. The van der Waals surface area contributed by atoms with E-state index in [0.29, 0.717) is 17.4 Å². The monoisotopic (exact) mass is 369 g/mol. The van der Waals surface area contributed by atoms with Gasteiger partial charge in [0.1, 0.15) is 12.1 Å². The van der Waals surface area contributed by atoms with Gasteiger partial charge in [-0.2, -0.15) is 10.1 Å². The molecule has 0 radical (unpaired) electrons. The SMILES string of the molecule is Cc1cc(C2CCCN(Cc3ccc(OC(C)F)cc3)C2)n2ncnc2n1. The molecule has 27 heavy (non-hydrogen) atoms. The lowest BCUT2D eigenvalue weighted by Gasteiger charge is -2.33. The third kappa shape index (κ3) is 4.08. The van der Waals surface area contributed by atoms with E-state index in [4.69, 9.17) is 4.74 Å². The number of hydrogen-bond acceptors (Lipinski definition) is 5. The molecule has 0 aliphatic carbocycles. The Balaban J connectivity index is 1.47. The standard InChI is InChI=1S/C20H24FN5O/c1-14-10-19(26-20(24-14)22-13-23-26)17-4-3-9-25(12-17)11-16-5-7-18(8-6-16)27-15(2)21/h5-8,10,13,15,17H,3-4,9,11-12H2,1-2H3. The maximum atomic E-state index is 12.9. The van der Waals surface area contributed by atoms with Crippen molar-refractivity contribution in [3.63, 3.8) is 0 Å². The first-order valence-electron chi connectivity index (χ1n) is 9.38. The van der Waals surface area contributed by atoms with Gasteiger partial charge in [0.25, 0.3) is 5.78 Å². The van der Waals surface area contributed by atoms with Crippen LogP contribution in [0.1, 0.15) is 42.6 Å². The molecule has 1 saturated heterocycles. The Bertz CT molecular complexity index is 908. The van der Waals surface area contributed by atoms with Crippen molar-refractivity contribution in [1.82, 2.24) is 24.5 Å². The van der Waals surface area contributed by atoms with Gasteiger partial charge in [0.15, 0.2) is 0 Å². The van der Waals surface area contributed by atoms with Crippen molar-refractivity contribution in [3.05, 3.63) is 53.6 Å². The molecule has 4 rings (SSSR count). The summed E-state index contributed by atoms with van der Waals surface area (Å²) in [5, 5.41) is 4.36. The van der Waals surface area contributed by atoms with Crippen LogP contribution >= 0.6 is 0 Å². The highest BCUT2D eigenvalue weighted by Gasteiger charge is 2.24. The Kier molecular flexibility index (Phi) is 5.03. The molecule has 6 nitrogen and oxygen atoms in total. The Labute approximate surface area is 158 Å². The summed E-state index contributed by atoms with van der Waals surface area (Å²) in [6.45, 7) is 6.29. The fraction of sp³-hybridized carbons (Fsp3) is 0.450. The zero-order valence-electron chi connectivity index (χ0n) is 15.7. The number of likely N-dealkylation sites (tertiary alicyclic amines) is 1. The number of piperidine rings is 1. The minimum atomic E-state index is -1.30. The Morgan fingerprint density at radius 2 is 2.11 bits per heavy atom. The van der Waals surface area contributed by atoms with Crippen LogP contribution in [-0.2, 0) is 6.54 Å². The minimum absolute atomic E-state index is 0.402. The van der Waals surface area contributed by atoms with Crippen molar-refractivity contribution in [3.8, 4) is 5.75 Å². The highest BCUT2D eigenvalue weighted by atomic mass is 19.1. The second kappa shape index (κ2) is 7.60. The van der Waals surface area contributed by atoms with E-state index in [1.165, 1.54) is 18.2 Å². The van der Waals surface area contributed by atoms with Gasteiger partial charge in [0.05, 0.1) is 5.69 Å². The van der Waals surface area contributed by atoms with Gasteiger partial charge in [-0.3, -0.25) is 4.90 Å². The van der Waals surface area contributed by atoms with Crippen molar-refractivity contribution >= 4 is 5.78 Å². The van der Waals surface area contributed by atoms with E-state index in [0.717, 1.165) is 38.2 Å². The van der Waals surface area contributed by atoms with Crippen molar-refractivity contribution in [2.24, 2.45) is 0 Å². The summed E-state index contributed by atoms with van der Waals surface area (Å²) in [6.07, 6.45) is 2.54. The van der Waals surface area contributed by atoms with Gasteiger partial charge in [-0.1, -0.05) is 12.1 Å². The van der Waals surface area contributed by atoms with Gasteiger partial charge in [-0.15, -0.1) is 0 Å². The summed E-state index contributed by atoms with van der Waals surface area (Å²) in [5.41, 5.74) is 3.35. The number of halogens is 1. The number of aryl methyl sites for hydroxylation is 1. The second-order valence-electron chi connectivity index (χ2n) is 7.17. The number of alkyl halides is 1. The van der Waals surface area contributed by atoms with Crippen molar-refractivity contribution < 1.29 is 9.13 Å². The van der Waals surface area contributed by atoms with Crippen LogP contribution in [0, 0.1) is 6.92 Å². The number of fused-ring (bicyclic) bond motifs is 1. The van der Waals surface area contributed by atoms with E-state index in [-0.39, 0.29) is 0 Å². The largest absolute Gasteiger partial charge is 0.461 e. The van der Waals surface area contributed by atoms with Gasteiger partial charge in [0, 0.05) is 31.6 Å². The van der Waals surface area contributed by atoms with E-state index in [2.05, 4.69) is 26.0 Å². The molecule has 7 heteroatoms. The average Bonchev–Trinajstić information content (AvgIpc) is 3.11. The van der Waals surface area contributed by atoms with Crippen LogP contribution in [0.4, 0.5) is 4.39 Å². The number of aromatic nitrogens is 4. The zero-order chi connectivity index (χ0) is 18.8.